The van der Waals surface area contributed by atoms with E-state index in [0.29, 0.717) is 36.0 Å². The second-order valence-corrected chi connectivity index (χ2v) is 6.02. The summed E-state index contributed by atoms with van der Waals surface area (Å²) in [5.74, 6) is 0.144. The molecule has 0 saturated carbocycles. The molecule has 0 aliphatic rings. The zero-order valence-corrected chi connectivity index (χ0v) is 16.1. The van der Waals surface area contributed by atoms with Gasteiger partial charge in [0.15, 0.2) is 6.61 Å². The number of anilines is 1. The van der Waals surface area contributed by atoms with Gasteiger partial charge in [0.25, 0.3) is 5.91 Å². The van der Waals surface area contributed by atoms with Gasteiger partial charge in [0.1, 0.15) is 11.5 Å². The Morgan fingerprint density at radius 3 is 2.22 bits per heavy atom. The van der Waals surface area contributed by atoms with Crippen LogP contribution in [0.1, 0.15) is 35.3 Å². The van der Waals surface area contributed by atoms with Crippen molar-refractivity contribution in [1.29, 1.82) is 0 Å². The molecular weight excluding hydrogens is 346 g/mol. The molecule has 0 unspecified atom stereocenters. The predicted molar refractivity (Wildman–Crippen MR) is 104 cm³/mol. The molecular formula is C21H25NO5. The summed E-state index contributed by atoms with van der Waals surface area (Å²) in [6, 6.07) is 10.6. The highest BCUT2D eigenvalue weighted by Gasteiger charge is 2.14. The highest BCUT2D eigenvalue weighted by atomic mass is 16.5. The number of esters is 1. The minimum atomic E-state index is -0.537. The largest absolute Gasteiger partial charge is 0.494 e. The summed E-state index contributed by atoms with van der Waals surface area (Å²) < 4.78 is 16.1. The van der Waals surface area contributed by atoms with Crippen molar-refractivity contribution in [3.8, 4) is 11.5 Å². The van der Waals surface area contributed by atoms with Crippen molar-refractivity contribution in [2.75, 3.05) is 25.1 Å². The molecule has 0 aliphatic carbocycles. The van der Waals surface area contributed by atoms with Crippen molar-refractivity contribution in [3.05, 3.63) is 53.1 Å². The molecule has 2 aromatic carbocycles. The average molecular weight is 371 g/mol. The first-order valence-electron chi connectivity index (χ1n) is 8.87. The van der Waals surface area contributed by atoms with Crippen LogP contribution < -0.4 is 14.8 Å². The van der Waals surface area contributed by atoms with Gasteiger partial charge in [0, 0.05) is 6.07 Å². The number of ether oxygens (including phenoxy) is 3. The van der Waals surface area contributed by atoms with Crippen molar-refractivity contribution in [2.45, 2.75) is 27.7 Å². The van der Waals surface area contributed by atoms with Crippen LogP contribution in [0.25, 0.3) is 0 Å². The molecule has 6 nitrogen and oxygen atoms in total. The van der Waals surface area contributed by atoms with Gasteiger partial charge in [-0.05, 0) is 52.0 Å². The van der Waals surface area contributed by atoms with Crippen LogP contribution in [-0.2, 0) is 9.53 Å². The number of aryl methyl sites for hydroxylation is 2. The molecule has 2 aromatic rings. The van der Waals surface area contributed by atoms with Gasteiger partial charge >= 0.3 is 5.97 Å². The first-order valence-corrected chi connectivity index (χ1v) is 8.87. The Bertz CT molecular complexity index is 796. The first kappa shape index (κ1) is 20.3. The Labute approximate surface area is 159 Å². The Morgan fingerprint density at radius 2 is 1.59 bits per heavy atom. The van der Waals surface area contributed by atoms with Gasteiger partial charge < -0.3 is 19.5 Å². The molecule has 0 atom stereocenters. The van der Waals surface area contributed by atoms with E-state index < -0.39 is 18.5 Å². The van der Waals surface area contributed by atoms with Crippen LogP contribution in [0, 0.1) is 13.8 Å². The van der Waals surface area contributed by atoms with E-state index in [1.165, 1.54) is 0 Å². The third-order valence-corrected chi connectivity index (χ3v) is 3.63. The lowest BCUT2D eigenvalue weighted by Crippen LogP contribution is -2.21. The zero-order chi connectivity index (χ0) is 19.8. The summed E-state index contributed by atoms with van der Waals surface area (Å²) >= 11 is 0. The number of amides is 1. The molecule has 0 bridgehead atoms. The third-order valence-electron chi connectivity index (χ3n) is 3.63. The molecule has 1 amide bonds. The molecule has 0 saturated heterocycles. The topological polar surface area (TPSA) is 73.9 Å². The maximum absolute atomic E-state index is 12.2. The van der Waals surface area contributed by atoms with E-state index in [9.17, 15) is 9.59 Å². The Balaban J connectivity index is 2.02. The number of carbonyl (C=O) groups excluding carboxylic acids is 2. The zero-order valence-electron chi connectivity index (χ0n) is 16.1. The molecule has 144 valence electrons. The van der Waals surface area contributed by atoms with E-state index in [0.717, 1.165) is 11.1 Å². The highest BCUT2D eigenvalue weighted by Crippen LogP contribution is 2.29. The minimum absolute atomic E-state index is 0.393. The van der Waals surface area contributed by atoms with E-state index in [2.05, 4.69) is 5.32 Å². The smallest absolute Gasteiger partial charge is 0.338 e. The molecule has 0 fully saturated rings. The number of hydrogen-bond donors (Lipinski definition) is 1. The van der Waals surface area contributed by atoms with Crippen molar-refractivity contribution in [1.82, 2.24) is 0 Å². The van der Waals surface area contributed by atoms with Crippen LogP contribution in [0.5, 0.6) is 11.5 Å². The molecule has 27 heavy (non-hydrogen) atoms. The fraction of sp³-hybridized carbons (Fsp3) is 0.333. The van der Waals surface area contributed by atoms with E-state index in [1.807, 2.05) is 33.8 Å². The third kappa shape index (κ3) is 6.02. The van der Waals surface area contributed by atoms with Gasteiger partial charge in [-0.25, -0.2) is 4.79 Å². The van der Waals surface area contributed by atoms with Gasteiger partial charge in [0.2, 0.25) is 0 Å². The number of carbonyl (C=O) groups is 2. The van der Waals surface area contributed by atoms with Gasteiger partial charge in [-0.2, -0.15) is 0 Å². The Kier molecular flexibility index (Phi) is 7.23. The lowest BCUT2D eigenvalue weighted by molar-refractivity contribution is -0.119. The molecule has 1 N–H and O–H groups in total. The van der Waals surface area contributed by atoms with Crippen LogP contribution in [0.2, 0.25) is 0 Å². The summed E-state index contributed by atoms with van der Waals surface area (Å²) in [4.78, 5) is 24.4. The van der Waals surface area contributed by atoms with Crippen molar-refractivity contribution >= 4 is 17.6 Å². The van der Waals surface area contributed by atoms with Crippen LogP contribution in [0.15, 0.2) is 36.4 Å². The molecule has 0 aliphatic heterocycles. The number of rotatable bonds is 8. The fourth-order valence-electron chi connectivity index (χ4n) is 2.64. The predicted octanol–water partition coefficient (Wildman–Crippen LogP) is 3.90. The summed E-state index contributed by atoms with van der Waals surface area (Å²) in [6.45, 7) is 8.10. The minimum Gasteiger partial charge on any atom is -0.494 e. The Hall–Kier alpha value is -3.02. The van der Waals surface area contributed by atoms with Gasteiger partial charge in [-0.3, -0.25) is 4.79 Å². The Morgan fingerprint density at radius 1 is 0.926 bits per heavy atom. The number of benzene rings is 2. The summed E-state index contributed by atoms with van der Waals surface area (Å²) in [5, 5.41) is 2.70. The number of nitrogens with one attached hydrogen (secondary N) is 1. The van der Waals surface area contributed by atoms with Crippen LogP contribution in [0.4, 0.5) is 5.69 Å². The molecule has 0 spiro atoms. The van der Waals surface area contributed by atoms with Crippen molar-refractivity contribution in [2.24, 2.45) is 0 Å². The summed E-state index contributed by atoms with van der Waals surface area (Å²) in [5.41, 5.74) is 2.81. The lowest BCUT2D eigenvalue weighted by Gasteiger charge is -2.13. The fourth-order valence-corrected chi connectivity index (χ4v) is 2.64. The maximum Gasteiger partial charge on any atom is 0.338 e. The monoisotopic (exact) mass is 371 g/mol. The number of hydrogen-bond acceptors (Lipinski definition) is 5. The second kappa shape index (κ2) is 9.62. The van der Waals surface area contributed by atoms with E-state index in [1.54, 1.807) is 30.3 Å². The molecule has 0 aromatic heterocycles. The highest BCUT2D eigenvalue weighted by molar-refractivity contribution is 5.96. The molecule has 6 heteroatoms. The summed E-state index contributed by atoms with van der Waals surface area (Å²) in [6.07, 6.45) is 0. The van der Waals surface area contributed by atoms with E-state index in [4.69, 9.17) is 14.2 Å². The second-order valence-electron chi connectivity index (χ2n) is 6.02. The molecule has 0 heterocycles. The normalized spacial score (nSPS) is 10.2. The lowest BCUT2D eigenvalue weighted by atomic mass is 10.1. The van der Waals surface area contributed by atoms with Crippen LogP contribution in [0.3, 0.4) is 0 Å². The first-order chi connectivity index (χ1) is 12.9. The van der Waals surface area contributed by atoms with Crippen molar-refractivity contribution < 1.29 is 23.8 Å². The van der Waals surface area contributed by atoms with Crippen LogP contribution in [-0.4, -0.2) is 31.7 Å². The maximum atomic E-state index is 12.2. The van der Waals surface area contributed by atoms with Crippen molar-refractivity contribution in [3.63, 3.8) is 0 Å². The summed E-state index contributed by atoms with van der Waals surface area (Å²) in [7, 11) is 0. The van der Waals surface area contributed by atoms with Gasteiger partial charge in [-0.1, -0.05) is 17.2 Å². The van der Waals surface area contributed by atoms with Gasteiger partial charge in [0.05, 0.1) is 24.5 Å². The quantitative estimate of drug-likeness (QED) is 0.713. The van der Waals surface area contributed by atoms with Gasteiger partial charge in [-0.15, -0.1) is 0 Å². The molecule has 2 rings (SSSR count). The molecule has 0 radical (unpaired) electrons. The average Bonchev–Trinajstić information content (AvgIpc) is 2.61. The van der Waals surface area contributed by atoms with E-state index >= 15 is 0 Å². The SMILES string of the molecule is CCOc1ccc(OCC)c(NC(=O)COC(=O)c2cc(C)cc(C)c2)c1. The van der Waals surface area contributed by atoms with E-state index in [-0.39, 0.29) is 0 Å². The van der Waals surface area contributed by atoms with Crippen LogP contribution >= 0.6 is 0 Å². The standard InChI is InChI=1S/C21H25NO5/c1-5-25-17-7-8-19(26-6-2)18(12-17)22-20(23)13-27-21(24)16-10-14(3)9-15(4)11-16/h7-12H,5-6,13H2,1-4H3,(H,22,23).